The molecule has 0 radical (unpaired) electrons. The van der Waals surface area contributed by atoms with E-state index in [4.69, 9.17) is 9.47 Å². The molecule has 0 N–H and O–H groups in total. The predicted molar refractivity (Wildman–Crippen MR) is 90.9 cm³/mol. The highest BCUT2D eigenvalue weighted by atomic mass is 19.1. The number of methoxy groups -OCH3 is 2. The molecule has 10 heteroatoms. The fourth-order valence-electron chi connectivity index (χ4n) is 2.51. The third kappa shape index (κ3) is 3.45. The third-order valence-electron chi connectivity index (χ3n) is 3.68. The molecule has 2 aromatic rings. The van der Waals surface area contributed by atoms with Crippen molar-refractivity contribution in [2.75, 3.05) is 19.1 Å². The molecule has 138 valence electrons. The van der Waals surface area contributed by atoms with E-state index in [0.717, 1.165) is 0 Å². The molecule has 0 bridgehead atoms. The molecule has 0 atom stereocenters. The summed E-state index contributed by atoms with van der Waals surface area (Å²) in [5, 5.41) is 10.9. The zero-order valence-electron chi connectivity index (χ0n) is 14.4. The van der Waals surface area contributed by atoms with Gasteiger partial charge in [-0.1, -0.05) is 6.08 Å². The second kappa shape index (κ2) is 7.60. The summed E-state index contributed by atoms with van der Waals surface area (Å²) in [5.41, 5.74) is 0.387. The first-order chi connectivity index (χ1) is 13.1. The van der Waals surface area contributed by atoms with Gasteiger partial charge in [-0.3, -0.25) is 0 Å². The molecule has 9 nitrogen and oxygen atoms in total. The van der Waals surface area contributed by atoms with Gasteiger partial charge in [-0.2, -0.15) is 4.68 Å². The molecule has 0 unspecified atom stereocenters. The van der Waals surface area contributed by atoms with Gasteiger partial charge in [-0.15, -0.1) is 5.10 Å². The maximum atomic E-state index is 14.0. The molecular weight excluding hydrogens is 357 g/mol. The van der Waals surface area contributed by atoms with E-state index in [2.05, 4.69) is 15.5 Å². The van der Waals surface area contributed by atoms with E-state index in [1.54, 1.807) is 12.2 Å². The quantitative estimate of drug-likeness (QED) is 0.742. The van der Waals surface area contributed by atoms with Crippen LogP contribution in [0.1, 0.15) is 0 Å². The molecule has 0 saturated heterocycles. The fraction of sp³-hybridized carbons (Fsp3) is 0.118. The molecule has 0 fully saturated rings. The summed E-state index contributed by atoms with van der Waals surface area (Å²) < 4.78 is 24.9. The molecule has 2 heterocycles. The first kappa shape index (κ1) is 18.0. The minimum absolute atomic E-state index is 0.0544. The number of halogens is 1. The lowest BCUT2D eigenvalue weighted by Gasteiger charge is -2.25. The molecule has 1 aliphatic rings. The number of carbonyl (C=O) groups excluding carboxylic acids is 2. The first-order valence-corrected chi connectivity index (χ1v) is 7.64. The van der Waals surface area contributed by atoms with Gasteiger partial charge in [0.05, 0.1) is 31.2 Å². The first-order valence-electron chi connectivity index (χ1n) is 7.64. The van der Waals surface area contributed by atoms with Gasteiger partial charge in [-0.25, -0.2) is 14.0 Å². The van der Waals surface area contributed by atoms with Crippen molar-refractivity contribution < 1.29 is 23.5 Å². The van der Waals surface area contributed by atoms with Crippen LogP contribution in [0, 0.1) is 5.82 Å². The van der Waals surface area contributed by atoms with Gasteiger partial charge in [0.1, 0.15) is 17.8 Å². The highest BCUT2D eigenvalue weighted by molar-refractivity contribution is 6.05. The Morgan fingerprint density at radius 3 is 2.52 bits per heavy atom. The average molecular weight is 371 g/mol. The van der Waals surface area contributed by atoms with E-state index in [1.165, 1.54) is 60.6 Å². The zero-order valence-corrected chi connectivity index (χ0v) is 14.4. The van der Waals surface area contributed by atoms with Crippen LogP contribution in [0.15, 0.2) is 60.2 Å². The molecule has 27 heavy (non-hydrogen) atoms. The second-order valence-electron chi connectivity index (χ2n) is 5.20. The van der Waals surface area contributed by atoms with Crippen molar-refractivity contribution in [1.82, 2.24) is 20.2 Å². The SMILES string of the molecule is COC(=O)C1=C(C(=O)OC)N(c2cc(F)ccc2-n2cnnn2)C=CC=C1. The maximum Gasteiger partial charge on any atom is 0.355 e. The Labute approximate surface area is 153 Å². The summed E-state index contributed by atoms with van der Waals surface area (Å²) in [6, 6.07) is 3.85. The number of hydrogen-bond donors (Lipinski definition) is 0. The number of allylic oxidation sites excluding steroid dienone is 2. The number of ether oxygens (including phenoxy) is 2. The van der Waals surface area contributed by atoms with Gasteiger partial charge in [0, 0.05) is 12.3 Å². The zero-order chi connectivity index (χ0) is 19.4. The molecule has 0 amide bonds. The Morgan fingerprint density at radius 1 is 1.07 bits per heavy atom. The Hall–Kier alpha value is -3.82. The number of tetrazole rings is 1. The second-order valence-corrected chi connectivity index (χ2v) is 5.20. The summed E-state index contributed by atoms with van der Waals surface area (Å²) in [7, 11) is 2.37. The van der Waals surface area contributed by atoms with Crippen molar-refractivity contribution >= 4 is 17.6 Å². The van der Waals surface area contributed by atoms with Crippen LogP contribution < -0.4 is 4.90 Å². The van der Waals surface area contributed by atoms with E-state index in [1.807, 2.05) is 0 Å². The summed E-state index contributed by atoms with van der Waals surface area (Å²) in [4.78, 5) is 26.0. The highest BCUT2D eigenvalue weighted by Gasteiger charge is 2.29. The van der Waals surface area contributed by atoms with E-state index < -0.39 is 17.8 Å². The van der Waals surface area contributed by atoms with Gasteiger partial charge >= 0.3 is 11.9 Å². The number of hydrogen-bond acceptors (Lipinski definition) is 8. The largest absolute Gasteiger partial charge is 0.465 e. The highest BCUT2D eigenvalue weighted by Crippen LogP contribution is 2.31. The van der Waals surface area contributed by atoms with Crippen molar-refractivity contribution in [3.8, 4) is 5.69 Å². The van der Waals surface area contributed by atoms with Crippen molar-refractivity contribution in [1.29, 1.82) is 0 Å². The van der Waals surface area contributed by atoms with Crippen LogP contribution in [-0.2, 0) is 19.1 Å². The molecule has 3 rings (SSSR count). The summed E-state index contributed by atoms with van der Waals surface area (Å²) >= 11 is 0. The Kier molecular flexibility index (Phi) is 5.06. The van der Waals surface area contributed by atoms with Crippen LogP contribution in [0.25, 0.3) is 5.69 Å². The van der Waals surface area contributed by atoms with Crippen molar-refractivity contribution in [2.45, 2.75) is 0 Å². The van der Waals surface area contributed by atoms with Crippen LogP contribution >= 0.6 is 0 Å². The molecular formula is C17H14FN5O4. The number of nitrogens with zero attached hydrogens (tertiary/aromatic N) is 5. The Morgan fingerprint density at radius 2 is 1.85 bits per heavy atom. The summed E-state index contributed by atoms with van der Waals surface area (Å²) in [6.07, 6.45) is 7.34. The standard InChI is InChI=1S/C17H14FN5O4/c1-26-16(24)12-5-3-4-8-22(15(12)17(25)27-2)14-9-11(18)6-7-13(14)23-10-19-20-21-23/h3-10H,1-2H3. The van der Waals surface area contributed by atoms with Gasteiger partial charge < -0.3 is 14.4 Å². The molecule has 1 aromatic carbocycles. The minimum Gasteiger partial charge on any atom is -0.465 e. The van der Waals surface area contributed by atoms with Gasteiger partial charge in [0.25, 0.3) is 0 Å². The summed E-state index contributed by atoms with van der Waals surface area (Å²) in [5.74, 6) is -2.12. The van der Waals surface area contributed by atoms with Crippen molar-refractivity contribution in [3.05, 3.63) is 66.0 Å². The lowest BCUT2D eigenvalue weighted by Crippen LogP contribution is -2.28. The number of anilines is 1. The molecule has 1 aliphatic heterocycles. The molecule has 1 aromatic heterocycles. The Bertz CT molecular complexity index is 966. The lowest BCUT2D eigenvalue weighted by atomic mass is 10.1. The van der Waals surface area contributed by atoms with E-state index in [0.29, 0.717) is 5.69 Å². The topological polar surface area (TPSA) is 99.4 Å². The monoisotopic (exact) mass is 371 g/mol. The van der Waals surface area contributed by atoms with Gasteiger partial charge in [-0.05, 0) is 34.7 Å². The maximum absolute atomic E-state index is 14.0. The number of carbonyl (C=O) groups is 2. The van der Waals surface area contributed by atoms with Gasteiger partial charge in [0.15, 0.2) is 0 Å². The van der Waals surface area contributed by atoms with E-state index in [9.17, 15) is 14.0 Å². The predicted octanol–water partition coefficient (Wildman–Crippen LogP) is 1.29. The molecule has 0 saturated carbocycles. The summed E-state index contributed by atoms with van der Waals surface area (Å²) in [6.45, 7) is 0. The smallest absolute Gasteiger partial charge is 0.355 e. The fourth-order valence-corrected chi connectivity index (χ4v) is 2.51. The number of rotatable bonds is 4. The number of esters is 2. The molecule has 0 aliphatic carbocycles. The van der Waals surface area contributed by atoms with Crippen molar-refractivity contribution in [2.24, 2.45) is 0 Å². The van der Waals surface area contributed by atoms with E-state index >= 15 is 0 Å². The van der Waals surface area contributed by atoms with Gasteiger partial charge in [0.2, 0.25) is 0 Å². The van der Waals surface area contributed by atoms with E-state index in [-0.39, 0.29) is 17.0 Å². The third-order valence-corrected chi connectivity index (χ3v) is 3.68. The van der Waals surface area contributed by atoms with Crippen LogP contribution in [0.4, 0.5) is 10.1 Å². The normalized spacial score (nSPS) is 13.5. The number of aromatic nitrogens is 4. The van der Waals surface area contributed by atoms with Crippen LogP contribution in [-0.4, -0.2) is 46.4 Å². The van der Waals surface area contributed by atoms with Crippen LogP contribution in [0.3, 0.4) is 0 Å². The number of benzene rings is 1. The lowest BCUT2D eigenvalue weighted by molar-refractivity contribution is -0.139. The van der Waals surface area contributed by atoms with Crippen LogP contribution in [0.2, 0.25) is 0 Å². The minimum atomic E-state index is -0.807. The average Bonchev–Trinajstić information content (AvgIpc) is 3.12. The van der Waals surface area contributed by atoms with Crippen molar-refractivity contribution in [3.63, 3.8) is 0 Å². The molecule has 0 spiro atoms. The van der Waals surface area contributed by atoms with Crippen LogP contribution in [0.5, 0.6) is 0 Å². The Balaban J connectivity index is 2.27.